The van der Waals surface area contributed by atoms with Crippen LogP contribution in [0.3, 0.4) is 0 Å². The molecule has 0 aromatic heterocycles. The number of benzene rings is 2. The fourth-order valence-electron chi connectivity index (χ4n) is 5.90. The van der Waals surface area contributed by atoms with E-state index < -0.39 is 51.9 Å². The predicted molar refractivity (Wildman–Crippen MR) is 144 cm³/mol. The van der Waals surface area contributed by atoms with Crippen LogP contribution in [0, 0.1) is 0 Å². The number of esters is 1. The Kier molecular flexibility index (Phi) is 5.61. The number of hydrogen-bond donors (Lipinski definition) is 3. The average Bonchev–Trinajstić information content (AvgIpc) is 3.07. The molecule has 3 N–H and O–H groups in total. The zero-order chi connectivity index (χ0) is 28.8. The summed E-state index contributed by atoms with van der Waals surface area (Å²) in [7, 11) is 4.69. The highest BCUT2D eigenvalue weighted by Crippen LogP contribution is 2.67. The quantitative estimate of drug-likeness (QED) is 0.325. The van der Waals surface area contributed by atoms with Gasteiger partial charge in [-0.1, -0.05) is 6.07 Å². The van der Waals surface area contributed by atoms with Crippen molar-refractivity contribution in [3.8, 4) is 23.0 Å². The van der Waals surface area contributed by atoms with Gasteiger partial charge in [0.2, 0.25) is 9.74 Å². The van der Waals surface area contributed by atoms with Crippen molar-refractivity contribution in [2.24, 2.45) is 0 Å². The standard InChI is InChI=1S/C27H22N2O10S2/c1-28-24(34)27-22(32)14-11-37-8-7-18-20(14)29(27)25(35)26(28,40-41-27)21(31)12-3-5-16(15(30)9-12)38-19-10-13(23(33)39-18)4-6-17(19)36-2/h3-11,18,20-22,30-32H,1-2H3. The highest BCUT2D eigenvalue weighted by atomic mass is 33.1. The van der Waals surface area contributed by atoms with Gasteiger partial charge in [-0.15, -0.1) is 0 Å². The summed E-state index contributed by atoms with van der Waals surface area (Å²) in [5.41, 5.74) is 0.367. The molecule has 6 atom stereocenters. The molecule has 212 valence electrons. The summed E-state index contributed by atoms with van der Waals surface area (Å²) in [6.07, 6.45) is -0.374. The Morgan fingerprint density at radius 1 is 0.976 bits per heavy atom. The van der Waals surface area contributed by atoms with Crippen LogP contribution in [-0.2, 0) is 19.1 Å². The van der Waals surface area contributed by atoms with Gasteiger partial charge >= 0.3 is 5.97 Å². The van der Waals surface area contributed by atoms with Gasteiger partial charge < -0.3 is 44.1 Å². The Labute approximate surface area is 240 Å². The molecular formula is C27H22N2O10S2. The molecule has 4 fully saturated rings. The molecule has 2 aromatic rings. The Hall–Kier alpha value is -3.85. The van der Waals surface area contributed by atoms with Crippen LogP contribution in [0.1, 0.15) is 22.0 Å². The predicted octanol–water partition coefficient (Wildman–Crippen LogP) is 2.02. The lowest BCUT2D eigenvalue weighted by Crippen LogP contribution is -2.79. The van der Waals surface area contributed by atoms with Crippen molar-refractivity contribution in [2.75, 3.05) is 14.2 Å². The number of nitrogens with zero attached hydrogens (tertiary/aromatic N) is 2. The number of amides is 2. The van der Waals surface area contributed by atoms with Crippen molar-refractivity contribution < 1.29 is 48.7 Å². The van der Waals surface area contributed by atoms with Crippen LogP contribution >= 0.6 is 21.6 Å². The van der Waals surface area contributed by atoms with Gasteiger partial charge in [-0.05, 0) is 63.6 Å². The van der Waals surface area contributed by atoms with Crippen LogP contribution in [0.15, 0.2) is 60.6 Å². The highest BCUT2D eigenvalue weighted by Gasteiger charge is 2.78. The maximum atomic E-state index is 14.5. The molecule has 6 unspecified atom stereocenters. The first-order valence-corrected chi connectivity index (χ1v) is 14.6. The minimum Gasteiger partial charge on any atom is -0.504 e. The van der Waals surface area contributed by atoms with Crippen molar-refractivity contribution in [3.05, 3.63) is 71.7 Å². The molecule has 7 heterocycles. The second-order valence-electron chi connectivity index (χ2n) is 10.00. The summed E-state index contributed by atoms with van der Waals surface area (Å²) in [6, 6.07) is 7.31. The van der Waals surface area contributed by atoms with Gasteiger partial charge in [0.25, 0.3) is 11.8 Å². The first-order chi connectivity index (χ1) is 19.6. The second-order valence-corrected chi connectivity index (χ2v) is 12.6. The number of carbonyl (C=O) groups is 3. The number of hydrogen-bond acceptors (Lipinski definition) is 12. The molecule has 2 spiro atoms. The van der Waals surface area contributed by atoms with E-state index in [4.69, 9.17) is 18.9 Å². The molecule has 0 saturated carbocycles. The van der Waals surface area contributed by atoms with Crippen LogP contribution in [0.25, 0.3) is 0 Å². The van der Waals surface area contributed by atoms with E-state index in [0.717, 1.165) is 26.5 Å². The third kappa shape index (κ3) is 3.24. The Morgan fingerprint density at radius 2 is 1.76 bits per heavy atom. The number of aliphatic hydroxyl groups is 2. The number of aliphatic hydroxyl groups excluding tert-OH is 2. The van der Waals surface area contributed by atoms with E-state index in [1.54, 1.807) is 0 Å². The number of phenols is 1. The largest absolute Gasteiger partial charge is 0.504 e. The van der Waals surface area contributed by atoms with Crippen molar-refractivity contribution >= 4 is 39.4 Å². The molecule has 7 aliphatic heterocycles. The van der Waals surface area contributed by atoms with E-state index in [0.29, 0.717) is 0 Å². The normalized spacial score (nSPS) is 33.2. The number of carbonyl (C=O) groups excluding carboxylic acids is 3. The molecule has 9 rings (SSSR count). The van der Waals surface area contributed by atoms with Crippen LogP contribution in [-0.4, -0.2) is 85.1 Å². The van der Waals surface area contributed by atoms with E-state index in [1.165, 1.54) is 74.1 Å². The number of phenolic OH excluding ortho intramolecular Hbond substituents is 1. The lowest BCUT2D eigenvalue weighted by Gasteiger charge is -2.60. The Morgan fingerprint density at radius 3 is 2.51 bits per heavy atom. The van der Waals surface area contributed by atoms with Crippen molar-refractivity contribution in [3.63, 3.8) is 0 Å². The molecule has 2 amide bonds. The molecular weight excluding hydrogens is 576 g/mol. The SMILES string of the molecule is COc1ccc2cc1Oc1ccc(cc1O)C(O)C13SSC4(C(=O)N1C)C(O)C1=COC=CC(OC2=O)C1N4C3=O. The topological polar surface area (TPSA) is 155 Å². The highest BCUT2D eigenvalue weighted by molar-refractivity contribution is 8.78. The first-order valence-electron chi connectivity index (χ1n) is 12.4. The van der Waals surface area contributed by atoms with E-state index in [2.05, 4.69) is 0 Å². The Balaban J connectivity index is 1.47. The molecule has 7 bridgehead atoms. The molecule has 2 aromatic carbocycles. The van der Waals surface area contributed by atoms with Gasteiger partial charge in [-0.3, -0.25) is 9.59 Å². The monoisotopic (exact) mass is 598 g/mol. The maximum absolute atomic E-state index is 14.5. The van der Waals surface area contributed by atoms with Gasteiger partial charge in [0.15, 0.2) is 23.0 Å². The summed E-state index contributed by atoms with van der Waals surface area (Å²) < 4.78 is 22.5. The second kappa shape index (κ2) is 8.82. The molecule has 0 radical (unpaired) electrons. The van der Waals surface area contributed by atoms with Gasteiger partial charge in [-0.25, -0.2) is 4.79 Å². The molecule has 7 aliphatic rings. The lowest BCUT2D eigenvalue weighted by atomic mass is 9.93. The van der Waals surface area contributed by atoms with E-state index in [1.807, 2.05) is 0 Å². The Bertz CT molecular complexity index is 1600. The first kappa shape index (κ1) is 26.1. The number of methoxy groups -OCH3 is 1. The number of likely N-dealkylation sites (N-methyl/N-ethyl adjacent to an activating group) is 1. The van der Waals surface area contributed by atoms with E-state index in [-0.39, 0.29) is 39.7 Å². The molecule has 0 aliphatic carbocycles. The van der Waals surface area contributed by atoms with Gasteiger partial charge in [0, 0.05) is 12.6 Å². The number of piperazine rings is 1. The summed E-state index contributed by atoms with van der Waals surface area (Å²) in [4.78, 5) is 40.6. The minimum absolute atomic E-state index is 0.0141. The van der Waals surface area contributed by atoms with Gasteiger partial charge in [0.1, 0.15) is 24.4 Å². The van der Waals surface area contributed by atoms with Crippen molar-refractivity contribution in [1.29, 1.82) is 0 Å². The molecule has 12 nitrogen and oxygen atoms in total. The summed E-state index contributed by atoms with van der Waals surface area (Å²) in [5, 5.41) is 34.1. The van der Waals surface area contributed by atoms with Crippen LogP contribution < -0.4 is 9.47 Å². The summed E-state index contributed by atoms with van der Waals surface area (Å²) in [6.45, 7) is 0. The fourth-order valence-corrected chi connectivity index (χ4v) is 9.77. The third-order valence-corrected chi connectivity index (χ3v) is 11.6. The molecule has 4 saturated heterocycles. The van der Waals surface area contributed by atoms with Crippen molar-refractivity contribution in [1.82, 2.24) is 9.80 Å². The van der Waals surface area contributed by atoms with Crippen LogP contribution in [0.2, 0.25) is 0 Å². The zero-order valence-electron chi connectivity index (χ0n) is 21.4. The van der Waals surface area contributed by atoms with Crippen LogP contribution in [0.4, 0.5) is 0 Å². The summed E-state index contributed by atoms with van der Waals surface area (Å²) >= 11 is 0. The zero-order valence-corrected chi connectivity index (χ0v) is 23.0. The minimum atomic E-state index is -1.89. The smallest absolute Gasteiger partial charge is 0.338 e. The number of aromatic hydroxyl groups is 1. The molecule has 14 heteroatoms. The number of fused-ring (bicyclic) bond motifs is 5. The van der Waals surface area contributed by atoms with Crippen molar-refractivity contribution in [2.45, 2.75) is 34.1 Å². The lowest BCUT2D eigenvalue weighted by molar-refractivity contribution is -0.175. The number of rotatable bonds is 1. The van der Waals surface area contributed by atoms with Crippen LogP contribution in [0.5, 0.6) is 23.0 Å². The third-order valence-electron chi connectivity index (χ3n) is 7.99. The number of ether oxygens (including phenoxy) is 4. The summed E-state index contributed by atoms with van der Waals surface area (Å²) in [5.74, 6) is -2.10. The maximum Gasteiger partial charge on any atom is 0.338 e. The van der Waals surface area contributed by atoms with E-state index >= 15 is 0 Å². The van der Waals surface area contributed by atoms with Gasteiger partial charge in [-0.2, -0.15) is 0 Å². The average molecular weight is 599 g/mol. The molecule has 41 heavy (non-hydrogen) atoms. The van der Waals surface area contributed by atoms with E-state index in [9.17, 15) is 29.7 Å². The van der Waals surface area contributed by atoms with Gasteiger partial charge in [0.05, 0.1) is 25.2 Å². The fraction of sp³-hybridized carbons (Fsp3) is 0.296.